The van der Waals surface area contributed by atoms with Crippen molar-refractivity contribution in [1.82, 2.24) is 29.5 Å². The van der Waals surface area contributed by atoms with E-state index in [9.17, 15) is 22.8 Å². The van der Waals surface area contributed by atoms with E-state index in [0.29, 0.717) is 48.4 Å². The van der Waals surface area contributed by atoms with E-state index in [-0.39, 0.29) is 40.7 Å². The largest absolute Gasteiger partial charge is 0.489 e. The first kappa shape index (κ1) is 29.9. The zero-order valence-corrected chi connectivity index (χ0v) is 24.5. The number of pyridine rings is 2. The third-order valence-corrected chi connectivity index (χ3v) is 8.49. The van der Waals surface area contributed by atoms with Crippen LogP contribution in [-0.4, -0.2) is 67.5 Å². The topological polar surface area (TPSA) is 93.5 Å². The number of halogens is 4. The smallest absolute Gasteiger partial charge is 0.433 e. The SMILES string of the molecule is O=C(c1cc(C(=O)N2CCCCC2)c2cc(OCc3cnc(C(F)(F)F)cc3Cl)ccc2n1)N1CCC(n2cccn2)CC1. The number of fused-ring (bicyclic) bond motifs is 1. The van der Waals surface area contributed by atoms with E-state index in [2.05, 4.69) is 15.1 Å². The number of rotatable bonds is 6. The number of hydrogen-bond donors (Lipinski definition) is 0. The number of hydrogen-bond acceptors (Lipinski definition) is 6. The number of ether oxygens (including phenoxy) is 1. The van der Waals surface area contributed by atoms with Crippen LogP contribution in [0.5, 0.6) is 5.75 Å². The number of amides is 2. The van der Waals surface area contributed by atoms with Crippen molar-refractivity contribution in [2.75, 3.05) is 26.2 Å². The van der Waals surface area contributed by atoms with Crippen molar-refractivity contribution in [2.45, 2.75) is 50.9 Å². The second-order valence-corrected chi connectivity index (χ2v) is 11.5. The lowest BCUT2D eigenvalue weighted by molar-refractivity contribution is -0.141. The maximum absolute atomic E-state index is 13.8. The number of alkyl halides is 3. The van der Waals surface area contributed by atoms with Gasteiger partial charge in [0.1, 0.15) is 23.7 Å². The molecule has 2 aliphatic rings. The van der Waals surface area contributed by atoms with Gasteiger partial charge in [-0.1, -0.05) is 11.6 Å². The van der Waals surface area contributed by atoms with Crippen LogP contribution in [0.2, 0.25) is 5.02 Å². The van der Waals surface area contributed by atoms with Crippen molar-refractivity contribution in [2.24, 2.45) is 0 Å². The second-order valence-electron chi connectivity index (χ2n) is 11.0. The Balaban J connectivity index is 1.26. The summed E-state index contributed by atoms with van der Waals surface area (Å²) in [6, 6.07) is 9.41. The molecule has 2 fully saturated rings. The summed E-state index contributed by atoms with van der Waals surface area (Å²) >= 11 is 6.07. The van der Waals surface area contributed by atoms with Gasteiger partial charge in [0, 0.05) is 55.7 Å². The van der Waals surface area contributed by atoms with Crippen LogP contribution in [0, 0.1) is 0 Å². The van der Waals surface area contributed by atoms with Crippen molar-refractivity contribution < 1.29 is 27.5 Å². The molecular formula is C31H30ClF3N6O3. The molecule has 5 heterocycles. The molecule has 0 radical (unpaired) electrons. The van der Waals surface area contributed by atoms with E-state index in [4.69, 9.17) is 16.3 Å². The van der Waals surface area contributed by atoms with Crippen LogP contribution >= 0.6 is 11.6 Å². The first-order valence-electron chi connectivity index (χ1n) is 14.5. The van der Waals surface area contributed by atoms with Crippen molar-refractivity contribution in [1.29, 1.82) is 0 Å². The molecule has 0 unspecified atom stereocenters. The highest BCUT2D eigenvalue weighted by Crippen LogP contribution is 2.32. The third kappa shape index (κ3) is 6.35. The normalized spacial score (nSPS) is 16.4. The average molecular weight is 627 g/mol. The van der Waals surface area contributed by atoms with E-state index in [1.807, 2.05) is 16.9 Å². The Hall–Kier alpha value is -4.19. The number of benzene rings is 1. The van der Waals surface area contributed by atoms with Gasteiger partial charge in [-0.15, -0.1) is 0 Å². The molecule has 0 atom stereocenters. The van der Waals surface area contributed by atoms with Gasteiger partial charge in [-0.25, -0.2) is 4.98 Å². The molecule has 9 nitrogen and oxygen atoms in total. The van der Waals surface area contributed by atoms with Crippen LogP contribution < -0.4 is 4.74 Å². The van der Waals surface area contributed by atoms with Gasteiger partial charge in [0.2, 0.25) is 0 Å². The number of piperidine rings is 2. The maximum atomic E-state index is 13.8. The lowest BCUT2D eigenvalue weighted by atomic mass is 10.0. The number of carbonyl (C=O) groups is 2. The van der Waals surface area contributed by atoms with Crippen LogP contribution in [0.4, 0.5) is 13.2 Å². The van der Waals surface area contributed by atoms with Crippen molar-refractivity contribution in [3.8, 4) is 5.75 Å². The van der Waals surface area contributed by atoms with Gasteiger partial charge in [-0.3, -0.25) is 19.3 Å². The molecule has 230 valence electrons. The number of likely N-dealkylation sites (tertiary alicyclic amines) is 2. The second kappa shape index (κ2) is 12.4. The summed E-state index contributed by atoms with van der Waals surface area (Å²) in [5, 5.41) is 4.73. The van der Waals surface area contributed by atoms with E-state index >= 15 is 0 Å². The Kier molecular flexibility index (Phi) is 8.44. The van der Waals surface area contributed by atoms with E-state index < -0.39 is 11.9 Å². The minimum absolute atomic E-state index is 0.118. The minimum Gasteiger partial charge on any atom is -0.489 e. The molecule has 0 bridgehead atoms. The van der Waals surface area contributed by atoms with Crippen LogP contribution in [0.3, 0.4) is 0 Å². The quantitative estimate of drug-likeness (QED) is 0.254. The van der Waals surface area contributed by atoms with Crippen molar-refractivity contribution >= 4 is 34.3 Å². The molecule has 2 amide bonds. The molecule has 6 rings (SSSR count). The van der Waals surface area contributed by atoms with Gasteiger partial charge in [0.25, 0.3) is 11.8 Å². The van der Waals surface area contributed by atoms with Crippen LogP contribution in [0.1, 0.15) is 70.2 Å². The number of carbonyl (C=O) groups excluding carboxylic acids is 2. The summed E-state index contributed by atoms with van der Waals surface area (Å²) in [7, 11) is 0. The molecular weight excluding hydrogens is 597 g/mol. The molecule has 0 N–H and O–H groups in total. The van der Waals surface area contributed by atoms with Crippen molar-refractivity contribution in [3.05, 3.63) is 82.5 Å². The summed E-state index contributed by atoms with van der Waals surface area (Å²) in [5.74, 6) is -0.0540. The predicted octanol–water partition coefficient (Wildman–Crippen LogP) is 6.18. The highest BCUT2D eigenvalue weighted by Gasteiger charge is 2.33. The number of aromatic nitrogens is 4. The third-order valence-electron chi connectivity index (χ3n) is 8.14. The average Bonchev–Trinajstić information content (AvgIpc) is 3.58. The van der Waals surface area contributed by atoms with Gasteiger partial charge in [0.15, 0.2) is 0 Å². The van der Waals surface area contributed by atoms with Crippen LogP contribution in [0.25, 0.3) is 10.9 Å². The maximum Gasteiger partial charge on any atom is 0.433 e. The zero-order chi connectivity index (χ0) is 30.8. The molecule has 2 aliphatic heterocycles. The van der Waals surface area contributed by atoms with E-state index in [1.165, 1.54) is 0 Å². The summed E-state index contributed by atoms with van der Waals surface area (Å²) in [6.45, 7) is 2.22. The fourth-order valence-corrected chi connectivity index (χ4v) is 5.93. The Morgan fingerprint density at radius 1 is 0.977 bits per heavy atom. The lowest BCUT2D eigenvalue weighted by Crippen LogP contribution is -2.40. The summed E-state index contributed by atoms with van der Waals surface area (Å²) < 4.78 is 46.7. The Morgan fingerprint density at radius 2 is 1.73 bits per heavy atom. The highest BCUT2D eigenvalue weighted by molar-refractivity contribution is 6.31. The molecule has 0 aliphatic carbocycles. The van der Waals surface area contributed by atoms with Gasteiger partial charge in [0.05, 0.1) is 22.1 Å². The van der Waals surface area contributed by atoms with Crippen molar-refractivity contribution in [3.63, 3.8) is 0 Å². The fraction of sp³-hybridized carbons (Fsp3) is 0.387. The molecule has 44 heavy (non-hydrogen) atoms. The fourth-order valence-electron chi connectivity index (χ4n) is 5.72. The van der Waals surface area contributed by atoms with E-state index in [0.717, 1.165) is 44.4 Å². The standard InChI is InChI=1S/C31H30ClF3N6O3/c32-25-17-28(31(33,34)35)36-18-20(25)19-44-22-5-6-26-23(15-22)24(29(42)39-10-2-1-3-11-39)16-27(38-26)30(43)40-13-7-21(8-14-40)41-12-4-9-37-41/h4-6,9,12,15-18,21H,1-3,7-8,10-11,13-14,19H2. The first-order valence-corrected chi connectivity index (χ1v) is 14.9. The molecule has 3 aromatic heterocycles. The molecule has 4 aromatic rings. The molecule has 0 spiro atoms. The van der Waals surface area contributed by atoms with Gasteiger partial charge >= 0.3 is 6.18 Å². The highest BCUT2D eigenvalue weighted by atomic mass is 35.5. The predicted molar refractivity (Wildman–Crippen MR) is 156 cm³/mol. The molecule has 2 saturated heterocycles. The van der Waals surface area contributed by atoms with Crippen LogP contribution in [-0.2, 0) is 12.8 Å². The minimum atomic E-state index is -4.61. The summed E-state index contributed by atoms with van der Waals surface area (Å²) in [5.41, 5.74) is 0.207. The van der Waals surface area contributed by atoms with Crippen LogP contribution in [0.15, 0.2) is 55.0 Å². The van der Waals surface area contributed by atoms with Gasteiger partial charge < -0.3 is 14.5 Å². The Bertz CT molecular complexity index is 1670. The zero-order valence-electron chi connectivity index (χ0n) is 23.8. The molecule has 13 heteroatoms. The molecule has 1 aromatic carbocycles. The summed E-state index contributed by atoms with van der Waals surface area (Å²) in [6.07, 6.45) is 4.49. The van der Waals surface area contributed by atoms with E-state index in [1.54, 1.807) is 40.3 Å². The molecule has 0 saturated carbocycles. The Morgan fingerprint density at radius 3 is 2.41 bits per heavy atom. The monoisotopic (exact) mass is 626 g/mol. The first-order chi connectivity index (χ1) is 21.2. The lowest BCUT2D eigenvalue weighted by Gasteiger charge is -2.32. The summed E-state index contributed by atoms with van der Waals surface area (Å²) in [4.78, 5) is 39.1. The number of nitrogens with zero attached hydrogens (tertiary/aromatic N) is 6. The van der Waals surface area contributed by atoms with Gasteiger partial charge in [-0.2, -0.15) is 18.3 Å². The van der Waals surface area contributed by atoms with Gasteiger partial charge in [-0.05, 0) is 68.5 Å². The Labute approximate surface area is 256 Å².